The third-order valence-electron chi connectivity index (χ3n) is 4.94. The Bertz CT molecular complexity index is 796. The lowest BCUT2D eigenvalue weighted by Gasteiger charge is -2.36. The fraction of sp³-hybridized carbons (Fsp3) is 0.333. The van der Waals surface area contributed by atoms with Gasteiger partial charge in [0.25, 0.3) is 5.91 Å². The zero-order chi connectivity index (χ0) is 17.9. The number of thioether (sulfide) groups is 1. The van der Waals surface area contributed by atoms with Crippen LogP contribution in [0.3, 0.4) is 0 Å². The predicted octanol–water partition coefficient (Wildman–Crippen LogP) is 3.36. The van der Waals surface area contributed by atoms with Gasteiger partial charge in [0.15, 0.2) is 5.17 Å². The average Bonchev–Trinajstić information content (AvgIpc) is 3.04. The SMILES string of the molecule is Cc1ccc(N2CCN(C3=NC(=O)[C@@H](Cc4ccccc4)S3)CC2)cc1. The number of amides is 1. The number of aliphatic imine (C=N–C) groups is 1. The number of hydrogen-bond donors (Lipinski definition) is 0. The van der Waals surface area contributed by atoms with Crippen molar-refractivity contribution in [3.8, 4) is 0 Å². The van der Waals surface area contributed by atoms with Crippen LogP contribution in [0.2, 0.25) is 0 Å². The minimum atomic E-state index is -0.0810. The molecular weight excluding hydrogens is 342 g/mol. The fourth-order valence-corrected chi connectivity index (χ4v) is 4.54. The monoisotopic (exact) mass is 365 g/mol. The van der Waals surface area contributed by atoms with Gasteiger partial charge < -0.3 is 9.80 Å². The molecule has 2 aliphatic heterocycles. The molecule has 2 heterocycles. The highest BCUT2D eigenvalue weighted by Crippen LogP contribution is 2.28. The Morgan fingerprint density at radius 3 is 2.31 bits per heavy atom. The van der Waals surface area contributed by atoms with E-state index >= 15 is 0 Å². The Kier molecular flexibility index (Phi) is 4.98. The summed E-state index contributed by atoms with van der Waals surface area (Å²) >= 11 is 1.63. The second-order valence-corrected chi connectivity index (χ2v) is 8.01. The maximum Gasteiger partial charge on any atom is 0.262 e. The van der Waals surface area contributed by atoms with Crippen molar-refractivity contribution in [1.29, 1.82) is 0 Å². The first kappa shape index (κ1) is 17.2. The molecule has 2 aromatic rings. The molecule has 26 heavy (non-hydrogen) atoms. The maximum absolute atomic E-state index is 12.3. The molecule has 1 saturated heterocycles. The van der Waals surface area contributed by atoms with Gasteiger partial charge in [-0.15, -0.1) is 0 Å². The van der Waals surface area contributed by atoms with Gasteiger partial charge in [-0.1, -0.05) is 59.8 Å². The van der Waals surface area contributed by atoms with E-state index in [2.05, 4.69) is 58.1 Å². The fourth-order valence-electron chi connectivity index (χ4n) is 3.38. The first-order valence-electron chi connectivity index (χ1n) is 9.09. The number of carbonyl (C=O) groups is 1. The number of amidine groups is 1. The smallest absolute Gasteiger partial charge is 0.262 e. The summed E-state index contributed by atoms with van der Waals surface area (Å²) in [7, 11) is 0. The summed E-state index contributed by atoms with van der Waals surface area (Å²) in [5, 5.41) is 0.821. The minimum absolute atomic E-state index is 0.00909. The van der Waals surface area contributed by atoms with Crippen LogP contribution in [0.4, 0.5) is 5.69 Å². The Balaban J connectivity index is 1.34. The van der Waals surface area contributed by atoms with Crippen LogP contribution < -0.4 is 4.90 Å². The minimum Gasteiger partial charge on any atom is -0.368 e. The van der Waals surface area contributed by atoms with Gasteiger partial charge in [0.1, 0.15) is 0 Å². The van der Waals surface area contributed by atoms with Crippen LogP contribution in [-0.4, -0.2) is 47.4 Å². The van der Waals surface area contributed by atoms with Gasteiger partial charge in [0, 0.05) is 31.9 Å². The molecule has 1 amide bonds. The van der Waals surface area contributed by atoms with Crippen molar-refractivity contribution in [1.82, 2.24) is 4.90 Å². The number of benzene rings is 2. The van der Waals surface area contributed by atoms with Crippen LogP contribution in [-0.2, 0) is 11.2 Å². The van der Waals surface area contributed by atoms with Crippen LogP contribution in [0.15, 0.2) is 59.6 Å². The Morgan fingerprint density at radius 1 is 0.962 bits per heavy atom. The second kappa shape index (κ2) is 7.54. The lowest BCUT2D eigenvalue weighted by Crippen LogP contribution is -2.47. The summed E-state index contributed by atoms with van der Waals surface area (Å²) in [6.45, 7) is 5.84. The van der Waals surface area contributed by atoms with Crippen molar-refractivity contribution in [2.24, 2.45) is 4.99 Å². The van der Waals surface area contributed by atoms with E-state index in [0.717, 1.165) is 37.8 Å². The molecule has 0 bridgehead atoms. The molecule has 4 rings (SSSR count). The zero-order valence-corrected chi connectivity index (χ0v) is 15.8. The van der Waals surface area contributed by atoms with Crippen molar-refractivity contribution in [2.75, 3.05) is 31.1 Å². The number of carbonyl (C=O) groups excluding carboxylic acids is 1. The molecule has 0 aliphatic carbocycles. The van der Waals surface area contributed by atoms with Gasteiger partial charge in [-0.25, -0.2) is 0 Å². The largest absolute Gasteiger partial charge is 0.368 e. The standard InChI is InChI=1S/C21H23N3OS/c1-16-7-9-18(10-8-16)23-11-13-24(14-12-23)21-22-20(25)19(26-21)15-17-5-3-2-4-6-17/h2-10,19H,11-15H2,1H3/t19-/m1/s1. The Labute approximate surface area is 158 Å². The summed E-state index contributed by atoms with van der Waals surface area (Å²) < 4.78 is 0. The molecule has 0 N–H and O–H groups in total. The molecule has 1 fully saturated rings. The molecule has 0 spiro atoms. The molecule has 134 valence electrons. The number of hydrogen-bond acceptors (Lipinski definition) is 4. The second-order valence-electron chi connectivity index (χ2n) is 6.84. The number of anilines is 1. The first-order chi connectivity index (χ1) is 12.7. The van der Waals surface area contributed by atoms with Crippen molar-refractivity contribution in [2.45, 2.75) is 18.6 Å². The van der Waals surface area contributed by atoms with E-state index in [1.54, 1.807) is 11.8 Å². The van der Waals surface area contributed by atoms with E-state index < -0.39 is 0 Å². The predicted molar refractivity (Wildman–Crippen MR) is 109 cm³/mol. The maximum atomic E-state index is 12.3. The van der Waals surface area contributed by atoms with Crippen molar-refractivity contribution < 1.29 is 4.79 Å². The Hall–Kier alpha value is -2.27. The third-order valence-corrected chi connectivity index (χ3v) is 6.16. The molecule has 2 aliphatic rings. The van der Waals surface area contributed by atoms with Crippen molar-refractivity contribution >= 4 is 28.5 Å². The summed E-state index contributed by atoms with van der Waals surface area (Å²) in [6.07, 6.45) is 0.751. The molecule has 2 aromatic carbocycles. The topological polar surface area (TPSA) is 35.9 Å². The summed E-state index contributed by atoms with van der Waals surface area (Å²) in [5.41, 5.74) is 3.75. The van der Waals surface area contributed by atoms with Gasteiger partial charge in [-0.2, -0.15) is 4.99 Å². The van der Waals surface area contributed by atoms with Gasteiger partial charge >= 0.3 is 0 Å². The normalized spacial score (nSPS) is 20.4. The van der Waals surface area contributed by atoms with E-state index in [-0.39, 0.29) is 11.2 Å². The highest BCUT2D eigenvalue weighted by atomic mass is 32.2. The van der Waals surface area contributed by atoms with Crippen LogP contribution in [0.1, 0.15) is 11.1 Å². The molecule has 0 unspecified atom stereocenters. The molecule has 0 saturated carbocycles. The summed E-state index contributed by atoms with van der Waals surface area (Å²) in [4.78, 5) is 21.3. The number of aryl methyl sites for hydroxylation is 1. The Morgan fingerprint density at radius 2 is 1.62 bits per heavy atom. The van der Waals surface area contributed by atoms with Crippen molar-refractivity contribution in [3.63, 3.8) is 0 Å². The molecule has 0 aromatic heterocycles. The summed E-state index contributed by atoms with van der Waals surface area (Å²) in [6, 6.07) is 18.9. The van der Waals surface area contributed by atoms with Crippen LogP contribution in [0.25, 0.3) is 0 Å². The van der Waals surface area contributed by atoms with E-state index in [0.29, 0.717) is 0 Å². The average molecular weight is 366 g/mol. The lowest BCUT2D eigenvalue weighted by molar-refractivity contribution is -0.117. The molecule has 1 atom stereocenters. The molecular formula is C21H23N3OS. The molecule has 4 nitrogen and oxygen atoms in total. The summed E-state index contributed by atoms with van der Waals surface area (Å²) in [5.74, 6) is 0.00909. The van der Waals surface area contributed by atoms with Gasteiger partial charge in [0.2, 0.25) is 0 Å². The van der Waals surface area contributed by atoms with Crippen LogP contribution in [0, 0.1) is 6.92 Å². The molecule has 5 heteroatoms. The zero-order valence-electron chi connectivity index (χ0n) is 15.0. The number of nitrogens with zero attached hydrogens (tertiary/aromatic N) is 3. The van der Waals surface area contributed by atoms with E-state index in [1.165, 1.54) is 16.8 Å². The highest BCUT2D eigenvalue weighted by molar-refractivity contribution is 8.15. The first-order valence-corrected chi connectivity index (χ1v) is 9.97. The van der Waals surface area contributed by atoms with Crippen molar-refractivity contribution in [3.05, 3.63) is 65.7 Å². The highest BCUT2D eigenvalue weighted by Gasteiger charge is 2.32. The van der Waals surface area contributed by atoms with Gasteiger partial charge in [-0.3, -0.25) is 4.79 Å². The lowest BCUT2D eigenvalue weighted by atomic mass is 10.1. The van der Waals surface area contributed by atoms with E-state index in [4.69, 9.17) is 0 Å². The van der Waals surface area contributed by atoms with Crippen LogP contribution >= 0.6 is 11.8 Å². The van der Waals surface area contributed by atoms with E-state index in [9.17, 15) is 4.79 Å². The molecule has 0 radical (unpaired) electrons. The van der Waals surface area contributed by atoms with Gasteiger partial charge in [-0.05, 0) is 31.0 Å². The third kappa shape index (κ3) is 3.78. The quantitative estimate of drug-likeness (QED) is 0.836. The van der Waals surface area contributed by atoms with E-state index in [1.807, 2.05) is 18.2 Å². The van der Waals surface area contributed by atoms with Crippen LogP contribution in [0.5, 0.6) is 0 Å². The number of piperazine rings is 1. The number of rotatable bonds is 3. The van der Waals surface area contributed by atoms with Gasteiger partial charge in [0.05, 0.1) is 5.25 Å².